The Balaban J connectivity index is 1.20. The molecule has 0 aromatic heterocycles. The van der Waals surface area contributed by atoms with Crippen molar-refractivity contribution in [1.82, 2.24) is 9.80 Å². The Morgan fingerprint density at radius 3 is 2.42 bits per heavy atom. The van der Waals surface area contributed by atoms with Crippen molar-refractivity contribution < 1.29 is 18.7 Å². The molecule has 0 aliphatic carbocycles. The average molecular weight is 426 g/mol. The molecule has 6 nitrogen and oxygen atoms in total. The van der Waals surface area contributed by atoms with Gasteiger partial charge in [-0.25, -0.2) is 4.39 Å². The lowest BCUT2D eigenvalue weighted by atomic mass is 10.0. The van der Waals surface area contributed by atoms with Crippen molar-refractivity contribution in [1.29, 1.82) is 0 Å². The van der Waals surface area contributed by atoms with Gasteiger partial charge in [-0.3, -0.25) is 9.69 Å². The van der Waals surface area contributed by atoms with E-state index in [-0.39, 0.29) is 11.7 Å². The molecule has 5 rings (SSSR count). The molecule has 164 valence electrons. The van der Waals surface area contributed by atoms with Crippen LogP contribution < -0.4 is 14.4 Å². The molecule has 3 aliphatic rings. The largest absolute Gasteiger partial charge is 0.486 e. The minimum Gasteiger partial charge on any atom is -0.486 e. The van der Waals surface area contributed by atoms with Gasteiger partial charge in [-0.1, -0.05) is 0 Å². The minimum absolute atomic E-state index is 0.0617. The first kappa shape index (κ1) is 20.1. The SMILES string of the molecule is O=C(c1ccc2c(c1)OCCO2)N1CCC[C@@H](N2CCN(c3ccc(F)cc3)CC2)C1. The van der Waals surface area contributed by atoms with E-state index in [1.807, 2.05) is 35.2 Å². The molecule has 0 spiro atoms. The summed E-state index contributed by atoms with van der Waals surface area (Å²) in [6, 6.07) is 12.6. The highest BCUT2D eigenvalue weighted by molar-refractivity contribution is 5.95. The van der Waals surface area contributed by atoms with Crippen LogP contribution in [0.2, 0.25) is 0 Å². The van der Waals surface area contributed by atoms with E-state index in [2.05, 4.69) is 9.80 Å². The van der Waals surface area contributed by atoms with Gasteiger partial charge < -0.3 is 19.3 Å². The van der Waals surface area contributed by atoms with Crippen LogP contribution in [0.3, 0.4) is 0 Å². The Morgan fingerprint density at radius 2 is 1.65 bits per heavy atom. The first-order valence-electron chi connectivity index (χ1n) is 11.1. The van der Waals surface area contributed by atoms with Crippen molar-refractivity contribution in [2.45, 2.75) is 18.9 Å². The molecule has 0 radical (unpaired) electrons. The normalized spacial score (nSPS) is 21.8. The van der Waals surface area contributed by atoms with Crippen molar-refractivity contribution in [2.75, 3.05) is 57.4 Å². The zero-order valence-electron chi connectivity index (χ0n) is 17.6. The number of likely N-dealkylation sites (tertiary alicyclic amines) is 1. The van der Waals surface area contributed by atoms with E-state index < -0.39 is 0 Å². The fourth-order valence-electron chi connectivity index (χ4n) is 4.79. The number of rotatable bonds is 3. The predicted molar refractivity (Wildman–Crippen MR) is 117 cm³/mol. The lowest BCUT2D eigenvalue weighted by Crippen LogP contribution is -2.55. The number of benzene rings is 2. The number of piperazine rings is 1. The Bertz CT molecular complexity index is 928. The fourth-order valence-corrected chi connectivity index (χ4v) is 4.79. The second kappa shape index (κ2) is 8.75. The van der Waals surface area contributed by atoms with Gasteiger partial charge in [0.2, 0.25) is 0 Å². The van der Waals surface area contributed by atoms with Crippen LogP contribution in [0.15, 0.2) is 42.5 Å². The third kappa shape index (κ3) is 4.32. The summed E-state index contributed by atoms with van der Waals surface area (Å²) in [5.41, 5.74) is 1.73. The van der Waals surface area contributed by atoms with Gasteiger partial charge in [0.1, 0.15) is 19.0 Å². The molecular formula is C24H28FN3O3. The molecule has 3 heterocycles. The van der Waals surface area contributed by atoms with Gasteiger partial charge in [0.15, 0.2) is 11.5 Å². The fraction of sp³-hybridized carbons (Fsp3) is 0.458. The summed E-state index contributed by atoms with van der Waals surface area (Å²) in [6.07, 6.45) is 2.13. The third-order valence-corrected chi connectivity index (χ3v) is 6.50. The molecule has 0 N–H and O–H groups in total. The number of halogens is 1. The molecule has 1 atom stereocenters. The Morgan fingerprint density at radius 1 is 0.903 bits per heavy atom. The average Bonchev–Trinajstić information content (AvgIpc) is 2.84. The second-order valence-electron chi connectivity index (χ2n) is 8.41. The summed E-state index contributed by atoms with van der Waals surface area (Å²) in [5.74, 6) is 1.22. The van der Waals surface area contributed by atoms with Crippen molar-refractivity contribution in [3.63, 3.8) is 0 Å². The van der Waals surface area contributed by atoms with Crippen LogP contribution in [-0.2, 0) is 0 Å². The number of ether oxygens (including phenoxy) is 2. The highest BCUT2D eigenvalue weighted by Gasteiger charge is 2.31. The zero-order chi connectivity index (χ0) is 21.2. The van der Waals surface area contributed by atoms with E-state index in [0.29, 0.717) is 36.3 Å². The number of carbonyl (C=O) groups is 1. The first-order chi connectivity index (χ1) is 15.2. The maximum absolute atomic E-state index is 13.2. The van der Waals surface area contributed by atoms with Crippen molar-refractivity contribution in [2.24, 2.45) is 0 Å². The van der Waals surface area contributed by atoms with E-state index in [4.69, 9.17) is 9.47 Å². The number of fused-ring (bicyclic) bond motifs is 1. The summed E-state index contributed by atoms with van der Waals surface area (Å²) < 4.78 is 24.4. The van der Waals surface area contributed by atoms with Crippen LogP contribution in [0.5, 0.6) is 11.5 Å². The summed E-state index contributed by atoms with van der Waals surface area (Å²) in [4.78, 5) is 19.9. The van der Waals surface area contributed by atoms with Gasteiger partial charge in [-0.15, -0.1) is 0 Å². The van der Waals surface area contributed by atoms with Crippen molar-refractivity contribution in [3.8, 4) is 11.5 Å². The van der Waals surface area contributed by atoms with Crippen LogP contribution in [0, 0.1) is 5.82 Å². The summed E-state index contributed by atoms with van der Waals surface area (Å²) >= 11 is 0. The number of hydrogen-bond donors (Lipinski definition) is 0. The number of piperidine rings is 1. The summed E-state index contributed by atoms with van der Waals surface area (Å²) in [7, 11) is 0. The number of nitrogens with zero attached hydrogens (tertiary/aromatic N) is 3. The summed E-state index contributed by atoms with van der Waals surface area (Å²) in [6.45, 7) is 6.34. The van der Waals surface area contributed by atoms with Crippen LogP contribution in [0.1, 0.15) is 23.2 Å². The Kier molecular flexibility index (Phi) is 5.68. The van der Waals surface area contributed by atoms with E-state index in [1.54, 1.807) is 0 Å². The first-order valence-corrected chi connectivity index (χ1v) is 11.1. The van der Waals surface area contributed by atoms with Gasteiger partial charge in [-0.2, -0.15) is 0 Å². The van der Waals surface area contributed by atoms with Crippen LogP contribution in [0.4, 0.5) is 10.1 Å². The van der Waals surface area contributed by atoms with Gasteiger partial charge in [-0.05, 0) is 55.3 Å². The second-order valence-corrected chi connectivity index (χ2v) is 8.41. The molecule has 2 aromatic rings. The summed E-state index contributed by atoms with van der Waals surface area (Å²) in [5, 5.41) is 0. The molecule has 31 heavy (non-hydrogen) atoms. The Labute approximate surface area is 182 Å². The molecule has 1 amide bonds. The molecule has 2 aromatic carbocycles. The molecule has 0 unspecified atom stereocenters. The number of anilines is 1. The number of carbonyl (C=O) groups excluding carboxylic acids is 1. The van der Waals surface area contributed by atoms with E-state index in [0.717, 1.165) is 57.8 Å². The van der Waals surface area contributed by atoms with Gasteiger partial charge in [0.25, 0.3) is 5.91 Å². The quantitative estimate of drug-likeness (QED) is 0.757. The zero-order valence-corrected chi connectivity index (χ0v) is 17.6. The maximum atomic E-state index is 13.2. The Hall–Kier alpha value is -2.80. The van der Waals surface area contributed by atoms with Gasteiger partial charge in [0.05, 0.1) is 0 Å². The standard InChI is InChI=1S/C24H28FN3O3/c25-19-4-6-20(7-5-19)26-10-12-27(13-11-26)21-2-1-9-28(17-21)24(29)18-3-8-22-23(16-18)31-15-14-30-22/h3-8,16,21H,1-2,9-15,17H2/t21-/m1/s1. The molecule has 7 heteroatoms. The third-order valence-electron chi connectivity index (χ3n) is 6.50. The van der Waals surface area contributed by atoms with E-state index in [1.165, 1.54) is 12.1 Å². The minimum atomic E-state index is -0.202. The van der Waals surface area contributed by atoms with Crippen LogP contribution in [-0.4, -0.2) is 74.2 Å². The molecule has 0 bridgehead atoms. The lowest BCUT2D eigenvalue weighted by molar-refractivity contribution is 0.0562. The van der Waals surface area contributed by atoms with Crippen molar-refractivity contribution in [3.05, 3.63) is 53.8 Å². The van der Waals surface area contributed by atoms with Crippen LogP contribution in [0.25, 0.3) is 0 Å². The van der Waals surface area contributed by atoms with Crippen molar-refractivity contribution >= 4 is 11.6 Å². The van der Waals surface area contributed by atoms with Gasteiger partial charge in [0, 0.05) is 56.6 Å². The van der Waals surface area contributed by atoms with E-state index in [9.17, 15) is 9.18 Å². The smallest absolute Gasteiger partial charge is 0.254 e. The topological polar surface area (TPSA) is 45.3 Å². The van der Waals surface area contributed by atoms with Gasteiger partial charge >= 0.3 is 0 Å². The highest BCUT2D eigenvalue weighted by atomic mass is 19.1. The molecule has 3 aliphatic heterocycles. The van der Waals surface area contributed by atoms with Crippen LogP contribution >= 0.6 is 0 Å². The predicted octanol–water partition coefficient (Wildman–Crippen LogP) is 3.02. The number of amides is 1. The maximum Gasteiger partial charge on any atom is 0.254 e. The molecular weight excluding hydrogens is 397 g/mol. The molecule has 2 fully saturated rings. The lowest BCUT2D eigenvalue weighted by Gasteiger charge is -2.44. The number of hydrogen-bond acceptors (Lipinski definition) is 5. The monoisotopic (exact) mass is 425 g/mol. The highest BCUT2D eigenvalue weighted by Crippen LogP contribution is 2.31. The molecule has 0 saturated carbocycles. The van der Waals surface area contributed by atoms with E-state index >= 15 is 0 Å². The molecule has 2 saturated heterocycles.